The molecule has 2 atom stereocenters. The first-order valence-corrected chi connectivity index (χ1v) is 4.11. The SMILES string of the molecule is CC12NC(=O)NC(=O)C1(C)NC(=O)N2.Cl. The van der Waals surface area contributed by atoms with Crippen LogP contribution in [0.4, 0.5) is 9.59 Å². The van der Waals surface area contributed by atoms with Crippen molar-refractivity contribution in [2.24, 2.45) is 0 Å². The minimum atomic E-state index is -1.15. The number of fused-ring (bicyclic) bond motifs is 1. The van der Waals surface area contributed by atoms with Crippen LogP contribution in [-0.2, 0) is 4.79 Å². The van der Waals surface area contributed by atoms with Crippen LogP contribution in [-0.4, -0.2) is 29.2 Å². The van der Waals surface area contributed by atoms with Crippen LogP contribution in [0.15, 0.2) is 0 Å². The van der Waals surface area contributed by atoms with Crippen LogP contribution in [0.25, 0.3) is 0 Å². The molecule has 7 nitrogen and oxygen atoms in total. The molecule has 0 aromatic carbocycles. The molecule has 0 bridgehead atoms. The molecular weight excluding hydrogens is 224 g/mol. The highest BCUT2D eigenvalue weighted by Gasteiger charge is 2.61. The summed E-state index contributed by atoms with van der Waals surface area (Å²) in [6.45, 7) is 3.11. The zero-order chi connectivity index (χ0) is 10.6. The summed E-state index contributed by atoms with van der Waals surface area (Å²) in [5.41, 5.74) is -2.23. The van der Waals surface area contributed by atoms with Crippen LogP contribution >= 0.6 is 12.4 Å². The molecule has 2 unspecified atom stereocenters. The lowest BCUT2D eigenvalue weighted by Gasteiger charge is -2.41. The quantitative estimate of drug-likeness (QED) is 0.434. The van der Waals surface area contributed by atoms with E-state index in [4.69, 9.17) is 0 Å². The predicted molar refractivity (Wildman–Crippen MR) is 52.4 cm³/mol. The van der Waals surface area contributed by atoms with Gasteiger partial charge < -0.3 is 16.0 Å². The van der Waals surface area contributed by atoms with E-state index in [0.29, 0.717) is 0 Å². The minimum Gasteiger partial charge on any atom is -0.320 e. The van der Waals surface area contributed by atoms with Gasteiger partial charge in [-0.05, 0) is 13.8 Å². The molecule has 0 aromatic rings. The third-order valence-electron chi connectivity index (χ3n) is 2.77. The van der Waals surface area contributed by atoms with Crippen molar-refractivity contribution >= 4 is 30.4 Å². The Morgan fingerprint density at radius 3 is 2.07 bits per heavy atom. The van der Waals surface area contributed by atoms with E-state index in [9.17, 15) is 14.4 Å². The molecule has 0 radical (unpaired) electrons. The molecule has 2 rings (SSSR count). The number of carbonyl (C=O) groups is 3. The van der Waals surface area contributed by atoms with Gasteiger partial charge in [0.2, 0.25) is 0 Å². The summed E-state index contributed by atoms with van der Waals surface area (Å²) in [6.07, 6.45) is 0. The highest BCUT2D eigenvalue weighted by Crippen LogP contribution is 2.26. The minimum absolute atomic E-state index is 0. The molecule has 8 heteroatoms. The Morgan fingerprint density at radius 2 is 1.47 bits per heavy atom. The highest BCUT2D eigenvalue weighted by molar-refractivity contribution is 6.07. The third kappa shape index (κ3) is 1.30. The molecule has 0 saturated carbocycles. The van der Waals surface area contributed by atoms with Crippen molar-refractivity contribution in [3.63, 3.8) is 0 Å². The largest absolute Gasteiger partial charge is 0.323 e. The van der Waals surface area contributed by atoms with E-state index in [2.05, 4.69) is 21.3 Å². The Labute approximate surface area is 91.8 Å². The number of nitrogens with one attached hydrogen (secondary N) is 4. The van der Waals surface area contributed by atoms with Crippen molar-refractivity contribution in [3.05, 3.63) is 0 Å². The van der Waals surface area contributed by atoms with Gasteiger partial charge in [-0.15, -0.1) is 12.4 Å². The van der Waals surface area contributed by atoms with Gasteiger partial charge >= 0.3 is 12.1 Å². The number of amides is 5. The van der Waals surface area contributed by atoms with Gasteiger partial charge in [-0.1, -0.05) is 0 Å². The van der Waals surface area contributed by atoms with E-state index in [1.807, 2.05) is 0 Å². The summed E-state index contributed by atoms with van der Waals surface area (Å²) in [5.74, 6) is -0.526. The van der Waals surface area contributed by atoms with Gasteiger partial charge in [0.05, 0.1) is 0 Å². The summed E-state index contributed by atoms with van der Waals surface area (Å²) < 4.78 is 0. The Morgan fingerprint density at radius 1 is 0.933 bits per heavy atom. The molecule has 84 valence electrons. The van der Waals surface area contributed by atoms with Crippen molar-refractivity contribution in [2.45, 2.75) is 25.0 Å². The topological polar surface area (TPSA) is 99.3 Å². The van der Waals surface area contributed by atoms with E-state index >= 15 is 0 Å². The Hall–Kier alpha value is -1.50. The van der Waals surface area contributed by atoms with Crippen molar-refractivity contribution in [3.8, 4) is 0 Å². The van der Waals surface area contributed by atoms with E-state index in [-0.39, 0.29) is 12.4 Å². The number of hydrogen-bond acceptors (Lipinski definition) is 3. The monoisotopic (exact) mass is 234 g/mol. The number of urea groups is 2. The van der Waals surface area contributed by atoms with Crippen molar-refractivity contribution in [2.75, 3.05) is 0 Å². The fraction of sp³-hybridized carbons (Fsp3) is 0.571. The van der Waals surface area contributed by atoms with Crippen LogP contribution in [0.1, 0.15) is 13.8 Å². The van der Waals surface area contributed by atoms with Gasteiger partial charge in [0, 0.05) is 0 Å². The standard InChI is InChI=1S/C7H10N4O3.ClH/c1-6-3(12)8-4(13)10-7(6,2)11-5(14)9-6;/h1-2H3,(H2,9,11,14)(H2,8,10,12,13);1H. The normalized spacial score (nSPS) is 37.9. The van der Waals surface area contributed by atoms with Gasteiger partial charge in [0.25, 0.3) is 5.91 Å². The first kappa shape index (κ1) is 11.6. The molecule has 2 saturated heterocycles. The predicted octanol–water partition coefficient (Wildman–Crippen LogP) is -0.965. The van der Waals surface area contributed by atoms with E-state index in [1.165, 1.54) is 0 Å². The molecule has 0 spiro atoms. The average molecular weight is 235 g/mol. The zero-order valence-electron chi connectivity index (χ0n) is 8.13. The second-order valence-electron chi connectivity index (χ2n) is 3.74. The Balaban J connectivity index is 0.00000112. The summed E-state index contributed by atoms with van der Waals surface area (Å²) in [6, 6.07) is -1.09. The number of halogens is 1. The fourth-order valence-electron chi connectivity index (χ4n) is 1.66. The average Bonchev–Trinajstić information content (AvgIpc) is 2.21. The number of hydrogen-bond donors (Lipinski definition) is 4. The van der Waals surface area contributed by atoms with Crippen molar-refractivity contribution in [1.82, 2.24) is 21.3 Å². The summed E-state index contributed by atoms with van der Waals surface area (Å²) >= 11 is 0. The molecule has 0 aliphatic carbocycles. The third-order valence-corrected chi connectivity index (χ3v) is 2.77. The van der Waals surface area contributed by atoms with Gasteiger partial charge in [0.1, 0.15) is 5.66 Å². The molecule has 2 fully saturated rings. The second kappa shape index (κ2) is 2.99. The fourth-order valence-corrected chi connectivity index (χ4v) is 1.66. The maximum absolute atomic E-state index is 11.5. The lowest BCUT2D eigenvalue weighted by atomic mass is 9.86. The molecule has 2 aliphatic rings. The van der Waals surface area contributed by atoms with Crippen LogP contribution < -0.4 is 21.3 Å². The Kier molecular flexibility index (Phi) is 2.31. The van der Waals surface area contributed by atoms with Crippen LogP contribution in [0.2, 0.25) is 0 Å². The highest BCUT2D eigenvalue weighted by atomic mass is 35.5. The van der Waals surface area contributed by atoms with Crippen LogP contribution in [0.3, 0.4) is 0 Å². The molecule has 4 N–H and O–H groups in total. The Bertz CT molecular complexity index is 360. The molecule has 15 heavy (non-hydrogen) atoms. The number of imide groups is 1. The zero-order valence-corrected chi connectivity index (χ0v) is 8.95. The van der Waals surface area contributed by atoms with Crippen LogP contribution in [0, 0.1) is 0 Å². The van der Waals surface area contributed by atoms with Crippen molar-refractivity contribution < 1.29 is 14.4 Å². The first-order valence-electron chi connectivity index (χ1n) is 4.11. The number of rotatable bonds is 0. The maximum atomic E-state index is 11.5. The second-order valence-corrected chi connectivity index (χ2v) is 3.74. The smallest absolute Gasteiger partial charge is 0.320 e. The van der Waals surface area contributed by atoms with Crippen LogP contribution in [0.5, 0.6) is 0 Å². The summed E-state index contributed by atoms with van der Waals surface area (Å²) in [5, 5.41) is 9.54. The molecule has 2 heterocycles. The summed E-state index contributed by atoms with van der Waals surface area (Å²) in [7, 11) is 0. The molecule has 5 amide bonds. The van der Waals surface area contributed by atoms with E-state index < -0.39 is 29.2 Å². The molecule has 0 aromatic heterocycles. The molecule has 2 aliphatic heterocycles. The lowest BCUT2D eigenvalue weighted by Crippen LogP contribution is -2.77. The van der Waals surface area contributed by atoms with Gasteiger partial charge in [0.15, 0.2) is 5.54 Å². The lowest BCUT2D eigenvalue weighted by molar-refractivity contribution is -0.129. The van der Waals surface area contributed by atoms with Crippen molar-refractivity contribution in [1.29, 1.82) is 0 Å². The van der Waals surface area contributed by atoms with E-state index in [0.717, 1.165) is 0 Å². The van der Waals surface area contributed by atoms with E-state index in [1.54, 1.807) is 13.8 Å². The number of carbonyl (C=O) groups excluding carboxylic acids is 3. The molecular formula is C7H11ClN4O3. The first-order chi connectivity index (χ1) is 6.37. The maximum Gasteiger partial charge on any atom is 0.323 e. The van der Waals surface area contributed by atoms with Gasteiger partial charge in [-0.2, -0.15) is 0 Å². The van der Waals surface area contributed by atoms with Gasteiger partial charge in [-0.25, -0.2) is 9.59 Å². The summed E-state index contributed by atoms with van der Waals surface area (Å²) in [4.78, 5) is 33.7. The van der Waals surface area contributed by atoms with Gasteiger partial charge in [-0.3, -0.25) is 10.1 Å².